The summed E-state index contributed by atoms with van der Waals surface area (Å²) in [5.74, 6) is 0.780. The van der Waals surface area contributed by atoms with Crippen molar-refractivity contribution in [1.29, 1.82) is 0 Å². The van der Waals surface area contributed by atoms with E-state index in [-0.39, 0.29) is 18.0 Å². The Bertz CT molecular complexity index is 445. The molecule has 130 valence electrons. The van der Waals surface area contributed by atoms with Gasteiger partial charge in [-0.05, 0) is 26.7 Å². The first-order valence-electron chi connectivity index (χ1n) is 7.76. The fourth-order valence-electron chi connectivity index (χ4n) is 2.10. The number of nitrogens with one attached hydrogen (secondary N) is 2. The summed E-state index contributed by atoms with van der Waals surface area (Å²) in [5.41, 5.74) is -0.158. The fourth-order valence-corrected chi connectivity index (χ4v) is 2.52. The maximum Gasteiger partial charge on any atom is 0.191 e. The lowest BCUT2D eigenvalue weighted by Crippen LogP contribution is -2.40. The average Bonchev–Trinajstić information content (AvgIpc) is 2.86. The maximum absolute atomic E-state index is 11.0. The summed E-state index contributed by atoms with van der Waals surface area (Å²) in [7, 11) is -2.96. The second kappa shape index (κ2) is 9.32. The van der Waals surface area contributed by atoms with Crippen molar-refractivity contribution in [3.05, 3.63) is 0 Å². The lowest BCUT2D eigenvalue weighted by atomic mass is 10.0. The van der Waals surface area contributed by atoms with E-state index in [0.717, 1.165) is 32.0 Å². The smallest absolute Gasteiger partial charge is 0.191 e. The molecule has 1 unspecified atom stereocenters. The highest BCUT2D eigenvalue weighted by atomic mass is 32.2. The predicted molar refractivity (Wildman–Crippen MR) is 88.1 cm³/mol. The van der Waals surface area contributed by atoms with Gasteiger partial charge in [-0.25, -0.2) is 8.42 Å². The van der Waals surface area contributed by atoms with Crippen LogP contribution in [0.3, 0.4) is 0 Å². The number of hydrogen-bond donors (Lipinski definition) is 2. The van der Waals surface area contributed by atoms with Crippen LogP contribution in [0.5, 0.6) is 0 Å². The van der Waals surface area contributed by atoms with Crippen molar-refractivity contribution >= 4 is 15.8 Å². The van der Waals surface area contributed by atoms with Crippen molar-refractivity contribution in [3.8, 4) is 0 Å². The Balaban J connectivity index is 2.25. The number of aliphatic imine (C=N–C) groups is 1. The van der Waals surface area contributed by atoms with E-state index in [4.69, 9.17) is 9.47 Å². The molecule has 2 N–H and O–H groups in total. The minimum absolute atomic E-state index is 0.0524. The highest BCUT2D eigenvalue weighted by Crippen LogP contribution is 2.24. The number of sulfone groups is 1. The van der Waals surface area contributed by atoms with Gasteiger partial charge in [-0.15, -0.1) is 0 Å². The van der Waals surface area contributed by atoms with Crippen molar-refractivity contribution in [3.63, 3.8) is 0 Å². The van der Waals surface area contributed by atoms with Crippen molar-refractivity contribution in [2.24, 2.45) is 4.99 Å². The van der Waals surface area contributed by atoms with Crippen molar-refractivity contribution in [1.82, 2.24) is 10.6 Å². The maximum atomic E-state index is 11.0. The van der Waals surface area contributed by atoms with Crippen LogP contribution in [0.4, 0.5) is 0 Å². The highest BCUT2D eigenvalue weighted by molar-refractivity contribution is 7.90. The first-order chi connectivity index (χ1) is 10.3. The number of ether oxygens (including phenoxy) is 2. The molecule has 8 heteroatoms. The summed E-state index contributed by atoms with van der Waals surface area (Å²) < 4.78 is 32.9. The molecule has 0 bridgehead atoms. The van der Waals surface area contributed by atoms with Gasteiger partial charge in [0.05, 0.1) is 31.1 Å². The van der Waals surface area contributed by atoms with Gasteiger partial charge in [0.1, 0.15) is 9.84 Å². The molecular formula is C14H29N3O4S. The number of nitrogens with zero attached hydrogens (tertiary/aromatic N) is 1. The molecule has 1 aliphatic heterocycles. The number of guanidine groups is 1. The van der Waals surface area contributed by atoms with Crippen LogP contribution in [-0.2, 0) is 19.3 Å². The molecule has 0 aliphatic carbocycles. The first-order valence-corrected chi connectivity index (χ1v) is 9.82. The topological polar surface area (TPSA) is 89.0 Å². The van der Waals surface area contributed by atoms with Gasteiger partial charge in [0, 0.05) is 26.0 Å². The second-order valence-corrected chi connectivity index (χ2v) is 8.03. The third-order valence-electron chi connectivity index (χ3n) is 3.35. The third kappa shape index (κ3) is 8.55. The monoisotopic (exact) mass is 335 g/mol. The Morgan fingerprint density at radius 3 is 2.73 bits per heavy atom. The summed E-state index contributed by atoms with van der Waals surface area (Å²) in [5, 5.41) is 6.34. The Morgan fingerprint density at radius 1 is 1.36 bits per heavy atom. The average molecular weight is 335 g/mol. The van der Waals surface area contributed by atoms with Gasteiger partial charge in [0.2, 0.25) is 0 Å². The summed E-state index contributed by atoms with van der Waals surface area (Å²) in [6.45, 7) is 7.54. The molecule has 0 radical (unpaired) electrons. The standard InChI is InChI=1S/C14H29N3O4S/c1-4-15-13(17-12-14(2)6-5-8-21-14)16-7-9-20-10-11-22(3,18)19/h4-12H2,1-3H3,(H2,15,16,17). The molecule has 0 spiro atoms. The summed E-state index contributed by atoms with van der Waals surface area (Å²) in [6.07, 6.45) is 3.32. The quantitative estimate of drug-likeness (QED) is 0.355. The molecular weight excluding hydrogens is 306 g/mol. The highest BCUT2D eigenvalue weighted by Gasteiger charge is 2.29. The molecule has 0 aromatic rings. The Labute approximate surface area is 133 Å². The van der Waals surface area contributed by atoms with E-state index in [2.05, 4.69) is 22.5 Å². The van der Waals surface area contributed by atoms with Crippen LogP contribution < -0.4 is 10.6 Å². The van der Waals surface area contributed by atoms with Gasteiger partial charge in [0.15, 0.2) is 5.96 Å². The predicted octanol–water partition coefficient (Wildman–Crippen LogP) is 0.172. The van der Waals surface area contributed by atoms with Crippen LogP contribution in [-0.4, -0.2) is 71.4 Å². The molecule has 1 fully saturated rings. The number of rotatable bonds is 9. The molecule has 1 heterocycles. The van der Waals surface area contributed by atoms with Crippen molar-refractivity contribution < 1.29 is 17.9 Å². The summed E-state index contributed by atoms with van der Waals surface area (Å²) in [4.78, 5) is 4.54. The van der Waals surface area contributed by atoms with Crippen LogP contribution in [0.2, 0.25) is 0 Å². The molecule has 1 atom stereocenters. The third-order valence-corrected chi connectivity index (χ3v) is 4.26. The Morgan fingerprint density at radius 2 is 2.14 bits per heavy atom. The SMILES string of the molecule is CCNC(=NCC1(C)CCCO1)NCCOCCS(C)(=O)=O. The van der Waals surface area contributed by atoms with Gasteiger partial charge in [0.25, 0.3) is 0 Å². The van der Waals surface area contributed by atoms with Crippen LogP contribution in [0, 0.1) is 0 Å². The molecule has 22 heavy (non-hydrogen) atoms. The molecule has 1 saturated heterocycles. The van der Waals surface area contributed by atoms with Gasteiger partial charge in [-0.2, -0.15) is 0 Å². The van der Waals surface area contributed by atoms with E-state index in [1.807, 2.05) is 6.92 Å². The van der Waals surface area contributed by atoms with Crippen molar-refractivity contribution in [2.75, 3.05) is 51.5 Å². The fraction of sp³-hybridized carbons (Fsp3) is 0.929. The molecule has 0 aromatic heterocycles. The minimum Gasteiger partial charge on any atom is -0.379 e. The van der Waals surface area contributed by atoms with Gasteiger partial charge in [-0.3, -0.25) is 4.99 Å². The van der Waals surface area contributed by atoms with E-state index < -0.39 is 9.84 Å². The van der Waals surface area contributed by atoms with Crippen LogP contribution in [0.1, 0.15) is 26.7 Å². The van der Waals surface area contributed by atoms with Crippen molar-refractivity contribution in [2.45, 2.75) is 32.3 Å². The molecule has 7 nitrogen and oxygen atoms in total. The van der Waals surface area contributed by atoms with Gasteiger partial charge >= 0.3 is 0 Å². The van der Waals surface area contributed by atoms with Gasteiger partial charge < -0.3 is 20.1 Å². The van der Waals surface area contributed by atoms with E-state index in [0.29, 0.717) is 19.7 Å². The Hall–Kier alpha value is -0.860. The summed E-state index contributed by atoms with van der Waals surface area (Å²) >= 11 is 0. The zero-order chi connectivity index (χ0) is 16.5. The summed E-state index contributed by atoms with van der Waals surface area (Å²) in [6, 6.07) is 0. The lowest BCUT2D eigenvalue weighted by molar-refractivity contribution is 0.0283. The minimum atomic E-state index is -2.96. The van der Waals surface area contributed by atoms with E-state index >= 15 is 0 Å². The zero-order valence-corrected chi connectivity index (χ0v) is 14.7. The molecule has 1 aliphatic rings. The molecule has 0 aromatic carbocycles. The molecule has 0 amide bonds. The van der Waals surface area contributed by atoms with Crippen LogP contribution >= 0.6 is 0 Å². The first kappa shape index (κ1) is 19.2. The zero-order valence-electron chi connectivity index (χ0n) is 13.9. The van der Waals surface area contributed by atoms with E-state index in [1.54, 1.807) is 0 Å². The number of hydrogen-bond acceptors (Lipinski definition) is 5. The van der Waals surface area contributed by atoms with E-state index in [1.165, 1.54) is 6.26 Å². The largest absolute Gasteiger partial charge is 0.379 e. The second-order valence-electron chi connectivity index (χ2n) is 5.77. The van der Waals surface area contributed by atoms with Gasteiger partial charge in [-0.1, -0.05) is 0 Å². The van der Waals surface area contributed by atoms with Crippen LogP contribution in [0.25, 0.3) is 0 Å². The lowest BCUT2D eigenvalue weighted by Gasteiger charge is -2.21. The Kier molecular flexibility index (Phi) is 8.13. The van der Waals surface area contributed by atoms with E-state index in [9.17, 15) is 8.42 Å². The normalized spacial score (nSPS) is 22.8. The molecule has 0 saturated carbocycles. The molecule has 1 rings (SSSR count). The van der Waals surface area contributed by atoms with Crippen LogP contribution in [0.15, 0.2) is 4.99 Å².